The second-order valence-corrected chi connectivity index (χ2v) is 6.07. The number of thioether (sulfide) groups is 1. The molecule has 1 aliphatic heterocycles. The second-order valence-electron chi connectivity index (χ2n) is 4.72. The molecule has 0 saturated carbocycles. The number of rotatable bonds is 3. The highest BCUT2D eigenvalue weighted by atomic mass is 32.2. The summed E-state index contributed by atoms with van der Waals surface area (Å²) >= 11 is 6.71. The van der Waals surface area contributed by atoms with Crippen molar-refractivity contribution in [2.24, 2.45) is 11.7 Å². The molecule has 19 heavy (non-hydrogen) atoms. The Bertz CT molecular complexity index is 473. The Morgan fingerprint density at radius 3 is 2.68 bits per heavy atom. The lowest BCUT2D eigenvalue weighted by atomic mass is 9.97. The molecule has 2 rings (SSSR count). The first-order valence-corrected chi connectivity index (χ1v) is 7.97. The van der Waals surface area contributed by atoms with E-state index >= 15 is 0 Å². The molecule has 1 atom stereocenters. The number of hydrogen-bond donors (Lipinski definition) is 1. The third-order valence-electron chi connectivity index (χ3n) is 3.45. The third-order valence-corrected chi connectivity index (χ3v) is 4.52. The number of nitrogens with two attached hydrogens (primary N) is 1. The van der Waals surface area contributed by atoms with Gasteiger partial charge in [0.2, 0.25) is 0 Å². The Morgan fingerprint density at radius 1 is 1.42 bits per heavy atom. The van der Waals surface area contributed by atoms with E-state index in [0.29, 0.717) is 11.5 Å². The van der Waals surface area contributed by atoms with Crippen LogP contribution in [0.4, 0.5) is 0 Å². The minimum Gasteiger partial charge on any atom is -0.393 e. The van der Waals surface area contributed by atoms with Crippen LogP contribution in [0, 0.1) is 5.92 Å². The Morgan fingerprint density at radius 2 is 2.11 bits per heavy atom. The molecule has 1 aromatic carbocycles. The zero-order chi connectivity index (χ0) is 13.8. The number of carbonyl (C=O) groups excluding carboxylic acids is 1. The Kier molecular flexibility index (Phi) is 4.82. The molecular formula is C14H18N2OS2. The average molecular weight is 294 g/mol. The van der Waals surface area contributed by atoms with Crippen molar-refractivity contribution < 1.29 is 4.79 Å². The molecule has 102 valence electrons. The molecule has 1 aromatic rings. The van der Waals surface area contributed by atoms with Crippen molar-refractivity contribution in [3.8, 4) is 0 Å². The zero-order valence-electron chi connectivity index (χ0n) is 11.0. The van der Waals surface area contributed by atoms with E-state index in [-0.39, 0.29) is 11.8 Å². The maximum Gasteiger partial charge on any atom is 0.253 e. The van der Waals surface area contributed by atoms with Crippen molar-refractivity contribution in [3.63, 3.8) is 0 Å². The fourth-order valence-corrected chi connectivity index (χ4v) is 2.91. The first-order valence-electron chi connectivity index (χ1n) is 6.34. The summed E-state index contributed by atoms with van der Waals surface area (Å²) in [5.41, 5.74) is 6.43. The number of hydrogen-bond acceptors (Lipinski definition) is 3. The van der Waals surface area contributed by atoms with Gasteiger partial charge in [0.15, 0.2) is 0 Å². The molecule has 0 radical (unpaired) electrons. The normalized spacial score (nSPS) is 19.2. The van der Waals surface area contributed by atoms with Crippen LogP contribution in [0.1, 0.15) is 23.2 Å². The molecule has 5 heteroatoms. The zero-order valence-corrected chi connectivity index (χ0v) is 12.6. The quantitative estimate of drug-likeness (QED) is 0.687. The smallest absolute Gasteiger partial charge is 0.253 e. The molecule has 2 N–H and O–H groups in total. The number of amides is 1. The molecule has 1 fully saturated rings. The number of thiocarbonyl (C=S) groups is 1. The third kappa shape index (κ3) is 3.48. The summed E-state index contributed by atoms with van der Waals surface area (Å²) in [5, 5.41) is 0. The summed E-state index contributed by atoms with van der Waals surface area (Å²) in [7, 11) is 0. The average Bonchev–Trinajstić information content (AvgIpc) is 2.46. The standard InChI is InChI=1S/C14H18N2OS2/c1-19-12-6-4-10(5-7-12)14(17)16-8-2-3-11(9-16)13(15)18/h4-7,11H,2-3,8-9H2,1H3,(H2,15,18). The van der Waals surface area contributed by atoms with Crippen LogP contribution in [-0.4, -0.2) is 35.1 Å². The Hall–Kier alpha value is -1.07. The predicted octanol–water partition coefficient (Wildman–Crippen LogP) is 2.55. The van der Waals surface area contributed by atoms with Crippen molar-refractivity contribution >= 4 is 34.9 Å². The van der Waals surface area contributed by atoms with Gasteiger partial charge in [0.1, 0.15) is 0 Å². The summed E-state index contributed by atoms with van der Waals surface area (Å²) in [6.45, 7) is 1.45. The summed E-state index contributed by atoms with van der Waals surface area (Å²) in [6, 6.07) is 7.73. The Labute approximate surface area is 123 Å². The van der Waals surface area contributed by atoms with Gasteiger partial charge in [-0.3, -0.25) is 4.79 Å². The molecule has 1 heterocycles. The van der Waals surface area contributed by atoms with Crippen LogP contribution < -0.4 is 5.73 Å². The highest BCUT2D eigenvalue weighted by molar-refractivity contribution is 7.98. The summed E-state index contributed by atoms with van der Waals surface area (Å²) < 4.78 is 0. The van der Waals surface area contributed by atoms with Gasteiger partial charge in [0, 0.05) is 29.5 Å². The highest BCUT2D eigenvalue weighted by Crippen LogP contribution is 2.20. The van der Waals surface area contributed by atoms with E-state index in [4.69, 9.17) is 18.0 Å². The second kappa shape index (κ2) is 6.39. The largest absolute Gasteiger partial charge is 0.393 e. The molecular weight excluding hydrogens is 276 g/mol. The van der Waals surface area contributed by atoms with E-state index in [0.717, 1.165) is 29.8 Å². The van der Waals surface area contributed by atoms with Crippen LogP contribution in [0.2, 0.25) is 0 Å². The van der Waals surface area contributed by atoms with Gasteiger partial charge >= 0.3 is 0 Å². The molecule has 1 unspecified atom stereocenters. The number of nitrogens with zero attached hydrogens (tertiary/aromatic N) is 1. The topological polar surface area (TPSA) is 46.3 Å². The van der Waals surface area contributed by atoms with Gasteiger partial charge in [-0.15, -0.1) is 11.8 Å². The van der Waals surface area contributed by atoms with Crippen molar-refractivity contribution in [1.82, 2.24) is 4.90 Å². The number of benzene rings is 1. The fraction of sp³-hybridized carbons (Fsp3) is 0.429. The lowest BCUT2D eigenvalue weighted by Crippen LogP contribution is -2.43. The molecule has 0 bridgehead atoms. The van der Waals surface area contributed by atoms with Crippen LogP contribution in [0.15, 0.2) is 29.2 Å². The van der Waals surface area contributed by atoms with Gasteiger partial charge in [0.25, 0.3) is 5.91 Å². The summed E-state index contributed by atoms with van der Waals surface area (Å²) in [5.74, 6) is 0.242. The van der Waals surface area contributed by atoms with Crippen molar-refractivity contribution in [2.45, 2.75) is 17.7 Å². The van der Waals surface area contributed by atoms with E-state index in [1.807, 2.05) is 35.4 Å². The number of piperidine rings is 1. The van der Waals surface area contributed by atoms with Gasteiger partial charge < -0.3 is 10.6 Å². The Balaban J connectivity index is 2.07. The van der Waals surface area contributed by atoms with E-state index in [1.165, 1.54) is 0 Å². The van der Waals surface area contributed by atoms with E-state index in [2.05, 4.69) is 0 Å². The highest BCUT2D eigenvalue weighted by Gasteiger charge is 2.25. The first kappa shape index (κ1) is 14.3. The fourth-order valence-electron chi connectivity index (χ4n) is 2.31. The van der Waals surface area contributed by atoms with Gasteiger partial charge in [-0.05, 0) is 43.4 Å². The molecule has 0 aliphatic carbocycles. The maximum atomic E-state index is 12.4. The van der Waals surface area contributed by atoms with E-state index in [1.54, 1.807) is 11.8 Å². The van der Waals surface area contributed by atoms with Gasteiger partial charge in [-0.25, -0.2) is 0 Å². The van der Waals surface area contributed by atoms with Crippen LogP contribution in [-0.2, 0) is 0 Å². The summed E-state index contributed by atoms with van der Waals surface area (Å²) in [4.78, 5) is 16.0. The SMILES string of the molecule is CSc1ccc(C(=O)N2CCCC(C(N)=S)C2)cc1. The van der Waals surface area contributed by atoms with Gasteiger partial charge in [-0.2, -0.15) is 0 Å². The van der Waals surface area contributed by atoms with Crippen molar-refractivity contribution in [1.29, 1.82) is 0 Å². The van der Waals surface area contributed by atoms with Gasteiger partial charge in [0.05, 0.1) is 4.99 Å². The van der Waals surface area contributed by atoms with Crippen LogP contribution in [0.25, 0.3) is 0 Å². The van der Waals surface area contributed by atoms with E-state index in [9.17, 15) is 4.79 Å². The van der Waals surface area contributed by atoms with Gasteiger partial charge in [-0.1, -0.05) is 12.2 Å². The predicted molar refractivity (Wildman–Crippen MR) is 83.6 cm³/mol. The molecule has 3 nitrogen and oxygen atoms in total. The summed E-state index contributed by atoms with van der Waals surface area (Å²) in [6.07, 6.45) is 3.98. The lowest BCUT2D eigenvalue weighted by molar-refractivity contribution is 0.0703. The monoisotopic (exact) mass is 294 g/mol. The molecule has 1 saturated heterocycles. The van der Waals surface area contributed by atoms with Crippen molar-refractivity contribution in [3.05, 3.63) is 29.8 Å². The first-order chi connectivity index (χ1) is 9.11. The molecule has 1 aliphatic rings. The minimum atomic E-state index is 0.0774. The molecule has 0 spiro atoms. The minimum absolute atomic E-state index is 0.0774. The lowest BCUT2D eigenvalue weighted by Gasteiger charge is -2.32. The maximum absolute atomic E-state index is 12.4. The van der Waals surface area contributed by atoms with Crippen molar-refractivity contribution in [2.75, 3.05) is 19.3 Å². The number of likely N-dealkylation sites (tertiary alicyclic amines) is 1. The molecule has 0 aromatic heterocycles. The van der Waals surface area contributed by atoms with Crippen LogP contribution in [0.3, 0.4) is 0 Å². The molecule has 1 amide bonds. The van der Waals surface area contributed by atoms with Crippen LogP contribution >= 0.6 is 24.0 Å². The van der Waals surface area contributed by atoms with E-state index < -0.39 is 0 Å². The van der Waals surface area contributed by atoms with Crippen LogP contribution in [0.5, 0.6) is 0 Å². The number of carbonyl (C=O) groups is 1.